The van der Waals surface area contributed by atoms with E-state index in [1.165, 1.54) is 4.90 Å². The standard InChI is InChI=1S/C17H21F3N4O4/c18-17(19,20)9-23-8-11(13(22-23)10-3-4-10)21-14(25)15(26)24-5-1-2-12(24)16-27-6-7-28-16/h8,10,12,16H,1-7,9H2,(H,21,25). The summed E-state index contributed by atoms with van der Waals surface area (Å²) in [5, 5.41) is 6.43. The van der Waals surface area contributed by atoms with Gasteiger partial charge in [-0.25, -0.2) is 0 Å². The molecule has 3 heterocycles. The summed E-state index contributed by atoms with van der Waals surface area (Å²) in [5.41, 5.74) is 0.556. The summed E-state index contributed by atoms with van der Waals surface area (Å²) < 4.78 is 49.6. The molecule has 11 heteroatoms. The quantitative estimate of drug-likeness (QED) is 0.774. The third-order valence-corrected chi connectivity index (χ3v) is 5.06. The predicted octanol–water partition coefficient (Wildman–Crippen LogP) is 1.63. The second-order valence-electron chi connectivity index (χ2n) is 7.29. The summed E-state index contributed by atoms with van der Waals surface area (Å²) in [4.78, 5) is 26.6. The van der Waals surface area contributed by atoms with E-state index in [0.29, 0.717) is 31.9 Å². The van der Waals surface area contributed by atoms with Gasteiger partial charge < -0.3 is 19.7 Å². The highest BCUT2D eigenvalue weighted by Crippen LogP contribution is 2.42. The molecule has 0 bridgehead atoms. The number of anilines is 1. The first kappa shape index (κ1) is 19.2. The van der Waals surface area contributed by atoms with Crippen LogP contribution in [0.15, 0.2) is 6.20 Å². The first-order chi connectivity index (χ1) is 13.3. The van der Waals surface area contributed by atoms with Crippen molar-refractivity contribution < 1.29 is 32.2 Å². The predicted molar refractivity (Wildman–Crippen MR) is 89.3 cm³/mol. The largest absolute Gasteiger partial charge is 0.408 e. The number of alkyl halides is 3. The summed E-state index contributed by atoms with van der Waals surface area (Å²) in [7, 11) is 0. The van der Waals surface area contributed by atoms with Gasteiger partial charge in [0.2, 0.25) is 0 Å². The van der Waals surface area contributed by atoms with Crippen LogP contribution in [-0.4, -0.2) is 64.8 Å². The minimum absolute atomic E-state index is 0.0136. The van der Waals surface area contributed by atoms with Crippen molar-refractivity contribution in [3.8, 4) is 0 Å². The fraction of sp³-hybridized carbons (Fsp3) is 0.706. The van der Waals surface area contributed by atoms with Crippen LogP contribution in [0, 0.1) is 0 Å². The highest BCUT2D eigenvalue weighted by atomic mass is 19.4. The molecule has 2 saturated heterocycles. The molecular formula is C17H21F3N4O4. The minimum atomic E-state index is -4.42. The summed E-state index contributed by atoms with van der Waals surface area (Å²) in [5.74, 6) is -1.62. The number of aromatic nitrogens is 2. The van der Waals surface area contributed by atoms with Gasteiger partial charge in [0.25, 0.3) is 0 Å². The van der Waals surface area contributed by atoms with E-state index < -0.39 is 30.8 Å². The maximum atomic E-state index is 12.7. The van der Waals surface area contributed by atoms with Gasteiger partial charge in [0.05, 0.1) is 30.6 Å². The van der Waals surface area contributed by atoms with Crippen molar-refractivity contribution in [2.75, 3.05) is 25.1 Å². The van der Waals surface area contributed by atoms with Crippen molar-refractivity contribution in [1.29, 1.82) is 0 Å². The minimum Gasteiger partial charge on any atom is -0.348 e. The van der Waals surface area contributed by atoms with Gasteiger partial charge in [-0.05, 0) is 25.7 Å². The molecule has 154 valence electrons. The third kappa shape index (κ3) is 4.14. The van der Waals surface area contributed by atoms with E-state index in [4.69, 9.17) is 9.47 Å². The summed E-state index contributed by atoms with van der Waals surface area (Å²) in [6, 6.07) is -0.336. The fourth-order valence-electron chi connectivity index (χ4n) is 3.69. The summed E-state index contributed by atoms with van der Waals surface area (Å²) in [6.45, 7) is 0.0428. The van der Waals surface area contributed by atoms with Crippen molar-refractivity contribution in [3.05, 3.63) is 11.9 Å². The van der Waals surface area contributed by atoms with Crippen LogP contribution >= 0.6 is 0 Å². The fourth-order valence-corrected chi connectivity index (χ4v) is 3.69. The Labute approximate surface area is 158 Å². The van der Waals surface area contributed by atoms with E-state index in [0.717, 1.165) is 30.1 Å². The molecule has 1 aliphatic carbocycles. The Morgan fingerprint density at radius 1 is 1.21 bits per heavy atom. The van der Waals surface area contributed by atoms with Crippen molar-refractivity contribution in [1.82, 2.24) is 14.7 Å². The number of halogens is 3. The number of nitrogens with one attached hydrogen (secondary N) is 1. The monoisotopic (exact) mass is 402 g/mol. The van der Waals surface area contributed by atoms with Crippen LogP contribution in [0.5, 0.6) is 0 Å². The number of carbonyl (C=O) groups is 2. The Hall–Kier alpha value is -2.14. The van der Waals surface area contributed by atoms with Crippen LogP contribution < -0.4 is 5.32 Å². The molecule has 0 aromatic carbocycles. The van der Waals surface area contributed by atoms with E-state index >= 15 is 0 Å². The first-order valence-electron chi connectivity index (χ1n) is 9.31. The number of carbonyl (C=O) groups excluding carboxylic acids is 2. The lowest BCUT2D eigenvalue weighted by molar-refractivity contribution is -0.150. The van der Waals surface area contributed by atoms with E-state index in [1.54, 1.807) is 0 Å². The topological polar surface area (TPSA) is 85.7 Å². The Kier molecular flexibility index (Phi) is 5.04. The molecule has 2 aliphatic heterocycles. The normalized spacial score (nSPS) is 23.4. The average Bonchev–Trinajstić information content (AvgIpc) is 3.02. The first-order valence-corrected chi connectivity index (χ1v) is 9.31. The number of amides is 2. The van der Waals surface area contributed by atoms with E-state index in [1.807, 2.05) is 0 Å². The van der Waals surface area contributed by atoms with E-state index in [9.17, 15) is 22.8 Å². The number of likely N-dealkylation sites (tertiary alicyclic amines) is 1. The summed E-state index contributed by atoms with van der Waals surface area (Å²) >= 11 is 0. The van der Waals surface area contributed by atoms with Crippen LogP contribution in [0.1, 0.15) is 37.3 Å². The van der Waals surface area contributed by atoms with Crippen molar-refractivity contribution in [2.45, 2.75) is 56.7 Å². The van der Waals surface area contributed by atoms with Gasteiger partial charge in [0.15, 0.2) is 6.29 Å². The van der Waals surface area contributed by atoms with Gasteiger partial charge >= 0.3 is 18.0 Å². The zero-order valence-electron chi connectivity index (χ0n) is 15.1. The highest BCUT2D eigenvalue weighted by Gasteiger charge is 2.40. The van der Waals surface area contributed by atoms with E-state index in [2.05, 4.69) is 10.4 Å². The molecule has 0 spiro atoms. The molecule has 4 rings (SSSR count). The van der Waals surface area contributed by atoms with Crippen LogP contribution in [0.25, 0.3) is 0 Å². The highest BCUT2D eigenvalue weighted by molar-refractivity contribution is 6.39. The maximum Gasteiger partial charge on any atom is 0.408 e. The molecule has 1 aromatic heterocycles. The Balaban J connectivity index is 1.46. The van der Waals surface area contributed by atoms with Crippen molar-refractivity contribution >= 4 is 17.5 Å². The van der Waals surface area contributed by atoms with Gasteiger partial charge in [0, 0.05) is 18.7 Å². The average molecular weight is 402 g/mol. The Morgan fingerprint density at radius 2 is 1.93 bits per heavy atom. The molecule has 28 heavy (non-hydrogen) atoms. The molecule has 1 atom stereocenters. The molecule has 3 aliphatic rings. The van der Waals surface area contributed by atoms with Gasteiger partial charge in [-0.15, -0.1) is 0 Å². The molecule has 8 nitrogen and oxygen atoms in total. The lowest BCUT2D eigenvalue weighted by Crippen LogP contribution is -2.47. The van der Waals surface area contributed by atoms with Gasteiger partial charge in [-0.3, -0.25) is 14.3 Å². The summed E-state index contributed by atoms with van der Waals surface area (Å²) in [6.07, 6.45) is -0.847. The zero-order valence-corrected chi connectivity index (χ0v) is 15.1. The van der Waals surface area contributed by atoms with Crippen molar-refractivity contribution in [2.24, 2.45) is 0 Å². The molecule has 1 saturated carbocycles. The Bertz CT molecular complexity index is 756. The van der Waals surface area contributed by atoms with Crippen LogP contribution in [0.3, 0.4) is 0 Å². The molecule has 3 fully saturated rings. The molecule has 2 amide bonds. The smallest absolute Gasteiger partial charge is 0.348 e. The lowest BCUT2D eigenvalue weighted by Gasteiger charge is -2.27. The van der Waals surface area contributed by atoms with Crippen LogP contribution in [0.2, 0.25) is 0 Å². The van der Waals surface area contributed by atoms with Gasteiger partial charge in [-0.1, -0.05) is 0 Å². The molecule has 1 aromatic rings. The third-order valence-electron chi connectivity index (χ3n) is 5.06. The second-order valence-corrected chi connectivity index (χ2v) is 7.29. The van der Waals surface area contributed by atoms with Crippen LogP contribution in [0.4, 0.5) is 18.9 Å². The second kappa shape index (κ2) is 7.36. The molecule has 1 N–H and O–H groups in total. The molecular weight excluding hydrogens is 381 g/mol. The molecule has 0 radical (unpaired) electrons. The maximum absolute atomic E-state index is 12.7. The van der Waals surface area contributed by atoms with Crippen molar-refractivity contribution in [3.63, 3.8) is 0 Å². The number of hydrogen-bond donors (Lipinski definition) is 1. The van der Waals surface area contributed by atoms with Crippen LogP contribution in [-0.2, 0) is 25.6 Å². The Morgan fingerprint density at radius 3 is 2.57 bits per heavy atom. The zero-order chi connectivity index (χ0) is 19.9. The lowest BCUT2D eigenvalue weighted by atomic mass is 10.2. The number of hydrogen-bond acceptors (Lipinski definition) is 5. The van der Waals surface area contributed by atoms with Gasteiger partial charge in [0.1, 0.15) is 6.54 Å². The molecule has 1 unspecified atom stereocenters. The SMILES string of the molecule is O=C(Nc1cn(CC(F)(F)F)nc1C1CC1)C(=O)N1CCCC1C1OCCO1. The number of rotatable bonds is 4. The number of nitrogens with zero attached hydrogens (tertiary/aromatic N) is 3. The van der Waals surface area contributed by atoms with Gasteiger partial charge in [-0.2, -0.15) is 18.3 Å². The number of ether oxygens (including phenoxy) is 2. The van der Waals surface area contributed by atoms with E-state index in [-0.39, 0.29) is 17.6 Å².